The lowest BCUT2D eigenvalue weighted by Crippen LogP contribution is -2.35. The predicted molar refractivity (Wildman–Crippen MR) is 133 cm³/mol. The molecule has 3 aromatic heterocycles. The summed E-state index contributed by atoms with van der Waals surface area (Å²) in [5.74, 6) is 2.46. The SMILES string of the molecule is COc1ccc2[nH]c(=O)c(CN(Cc3ccco3)[C@@H](c3nnnn3C[C@@H]3CCCO3)C(C)C)cc2c1. The average molecular weight is 493 g/mol. The standard InChI is InChI=1S/C26H32N6O4/c1-17(2)24(25-28-29-30-32(25)16-22-7-5-11-36-22)31(15-21-6-4-10-35-21)14-19-12-18-13-20(34-3)8-9-23(18)27-26(19)33/h4,6,8-10,12-13,17,22,24H,5,7,11,14-16H2,1-3H3,(H,27,33)/t22-,24+/m0/s1. The molecule has 10 nitrogen and oxygen atoms in total. The summed E-state index contributed by atoms with van der Waals surface area (Å²) in [7, 11) is 1.63. The van der Waals surface area contributed by atoms with Gasteiger partial charge in [-0.15, -0.1) is 5.10 Å². The van der Waals surface area contributed by atoms with Gasteiger partial charge in [0.05, 0.1) is 38.6 Å². The van der Waals surface area contributed by atoms with E-state index in [9.17, 15) is 4.79 Å². The monoisotopic (exact) mass is 492 g/mol. The van der Waals surface area contributed by atoms with Crippen LogP contribution in [0.1, 0.15) is 49.9 Å². The predicted octanol–water partition coefficient (Wildman–Crippen LogP) is 3.69. The van der Waals surface area contributed by atoms with E-state index in [1.807, 2.05) is 41.1 Å². The molecule has 0 spiro atoms. The van der Waals surface area contributed by atoms with Crippen molar-refractivity contribution in [3.8, 4) is 5.75 Å². The third kappa shape index (κ3) is 5.19. The van der Waals surface area contributed by atoms with Crippen LogP contribution in [0.25, 0.3) is 10.9 Å². The number of aromatic amines is 1. The van der Waals surface area contributed by atoms with E-state index in [2.05, 4.69) is 39.3 Å². The summed E-state index contributed by atoms with van der Waals surface area (Å²) in [5, 5.41) is 13.6. The number of pyridine rings is 1. The van der Waals surface area contributed by atoms with Crippen molar-refractivity contribution in [2.75, 3.05) is 13.7 Å². The maximum absolute atomic E-state index is 13.1. The van der Waals surface area contributed by atoms with E-state index >= 15 is 0 Å². The van der Waals surface area contributed by atoms with Crippen LogP contribution >= 0.6 is 0 Å². The zero-order chi connectivity index (χ0) is 25.1. The second-order valence-electron chi connectivity index (χ2n) is 9.60. The van der Waals surface area contributed by atoms with E-state index in [4.69, 9.17) is 13.9 Å². The average Bonchev–Trinajstić information content (AvgIpc) is 3.64. The molecule has 1 aliphatic heterocycles. The van der Waals surface area contributed by atoms with E-state index < -0.39 is 0 Å². The summed E-state index contributed by atoms with van der Waals surface area (Å²) >= 11 is 0. The molecular formula is C26H32N6O4. The summed E-state index contributed by atoms with van der Waals surface area (Å²) in [4.78, 5) is 18.3. The Morgan fingerprint density at radius 1 is 1.25 bits per heavy atom. The molecule has 0 saturated carbocycles. The minimum absolute atomic E-state index is 0.108. The Balaban J connectivity index is 1.51. The first-order valence-electron chi connectivity index (χ1n) is 12.4. The molecule has 1 N–H and O–H groups in total. The fraction of sp³-hybridized carbons (Fsp3) is 0.462. The molecule has 1 aromatic carbocycles. The molecule has 190 valence electrons. The molecular weight excluding hydrogens is 460 g/mol. The number of methoxy groups -OCH3 is 1. The van der Waals surface area contributed by atoms with Crippen molar-refractivity contribution in [2.45, 2.75) is 58.5 Å². The summed E-state index contributed by atoms with van der Waals surface area (Å²) in [5.41, 5.74) is 1.28. The second-order valence-corrected chi connectivity index (χ2v) is 9.60. The third-order valence-electron chi connectivity index (χ3n) is 6.69. The Labute approximate surface area is 209 Å². The van der Waals surface area contributed by atoms with E-state index in [-0.39, 0.29) is 23.6 Å². The number of hydrogen-bond donors (Lipinski definition) is 1. The van der Waals surface area contributed by atoms with Gasteiger partial charge in [0.2, 0.25) is 0 Å². The number of rotatable bonds is 10. The molecule has 0 radical (unpaired) electrons. The molecule has 2 atom stereocenters. The second kappa shape index (κ2) is 10.6. The number of ether oxygens (including phenoxy) is 2. The van der Waals surface area contributed by atoms with Gasteiger partial charge in [0, 0.05) is 29.6 Å². The van der Waals surface area contributed by atoms with Crippen LogP contribution in [0, 0.1) is 5.92 Å². The first-order chi connectivity index (χ1) is 17.5. The van der Waals surface area contributed by atoms with Gasteiger partial charge < -0.3 is 18.9 Å². The maximum atomic E-state index is 13.1. The van der Waals surface area contributed by atoms with Crippen LogP contribution < -0.4 is 10.3 Å². The number of furan rings is 1. The van der Waals surface area contributed by atoms with Crippen molar-refractivity contribution in [1.82, 2.24) is 30.1 Å². The first-order valence-corrected chi connectivity index (χ1v) is 12.4. The van der Waals surface area contributed by atoms with Crippen LogP contribution in [0.2, 0.25) is 0 Å². The Bertz CT molecular complexity index is 1340. The number of fused-ring (bicyclic) bond motifs is 1. The Kier molecular flexibility index (Phi) is 7.15. The topological polar surface area (TPSA) is 111 Å². The Morgan fingerprint density at radius 3 is 2.86 bits per heavy atom. The molecule has 0 aliphatic carbocycles. The summed E-state index contributed by atoms with van der Waals surface area (Å²) < 4.78 is 18.8. The number of H-pyrrole nitrogens is 1. The van der Waals surface area contributed by atoms with Gasteiger partial charge in [0.25, 0.3) is 5.56 Å². The number of nitrogens with one attached hydrogen (secondary N) is 1. The zero-order valence-corrected chi connectivity index (χ0v) is 20.9. The quantitative estimate of drug-likeness (QED) is 0.357. The summed E-state index contributed by atoms with van der Waals surface area (Å²) in [6, 6.07) is 11.2. The summed E-state index contributed by atoms with van der Waals surface area (Å²) in [6.45, 7) is 6.55. The minimum atomic E-state index is -0.160. The number of benzene rings is 1. The summed E-state index contributed by atoms with van der Waals surface area (Å²) in [6.07, 6.45) is 3.82. The van der Waals surface area contributed by atoms with E-state index in [0.29, 0.717) is 25.2 Å². The highest BCUT2D eigenvalue weighted by Gasteiger charge is 2.31. The van der Waals surface area contributed by atoms with Crippen molar-refractivity contribution >= 4 is 10.9 Å². The molecule has 36 heavy (non-hydrogen) atoms. The van der Waals surface area contributed by atoms with Gasteiger partial charge >= 0.3 is 0 Å². The third-order valence-corrected chi connectivity index (χ3v) is 6.69. The van der Waals surface area contributed by atoms with Crippen molar-refractivity contribution < 1.29 is 13.9 Å². The Morgan fingerprint density at radius 2 is 2.14 bits per heavy atom. The lowest BCUT2D eigenvalue weighted by Gasteiger charge is -2.33. The van der Waals surface area contributed by atoms with Gasteiger partial charge in [-0.25, -0.2) is 4.68 Å². The smallest absolute Gasteiger partial charge is 0.252 e. The number of nitrogens with zero attached hydrogens (tertiary/aromatic N) is 5. The van der Waals surface area contributed by atoms with Gasteiger partial charge in [-0.1, -0.05) is 13.8 Å². The normalized spacial score (nSPS) is 16.9. The molecule has 4 heterocycles. The van der Waals surface area contributed by atoms with E-state index in [1.54, 1.807) is 13.4 Å². The van der Waals surface area contributed by atoms with Gasteiger partial charge in [0.15, 0.2) is 5.82 Å². The van der Waals surface area contributed by atoms with Crippen molar-refractivity contribution in [2.24, 2.45) is 5.92 Å². The van der Waals surface area contributed by atoms with Crippen molar-refractivity contribution in [1.29, 1.82) is 0 Å². The van der Waals surface area contributed by atoms with Crippen LogP contribution in [-0.2, 0) is 24.4 Å². The molecule has 0 amide bonds. The van der Waals surface area contributed by atoms with Crippen LogP contribution in [0.5, 0.6) is 5.75 Å². The molecule has 1 fully saturated rings. The molecule has 0 bridgehead atoms. The van der Waals surface area contributed by atoms with Crippen LogP contribution in [0.4, 0.5) is 0 Å². The van der Waals surface area contributed by atoms with E-state index in [1.165, 1.54) is 0 Å². The van der Waals surface area contributed by atoms with Gasteiger partial charge in [0.1, 0.15) is 11.5 Å². The fourth-order valence-electron chi connectivity index (χ4n) is 4.97. The highest BCUT2D eigenvalue weighted by Crippen LogP contribution is 2.31. The number of aromatic nitrogens is 5. The molecule has 1 saturated heterocycles. The van der Waals surface area contributed by atoms with Gasteiger partial charge in [-0.3, -0.25) is 9.69 Å². The Hall–Kier alpha value is -3.50. The molecule has 1 aliphatic rings. The van der Waals surface area contributed by atoms with Gasteiger partial charge in [-0.2, -0.15) is 0 Å². The molecule has 10 heteroatoms. The van der Waals surface area contributed by atoms with Crippen LogP contribution in [-0.4, -0.2) is 49.9 Å². The lowest BCUT2D eigenvalue weighted by molar-refractivity contribution is 0.0836. The molecule has 5 rings (SSSR count). The largest absolute Gasteiger partial charge is 0.497 e. The first kappa shape index (κ1) is 24.2. The number of tetrazole rings is 1. The maximum Gasteiger partial charge on any atom is 0.252 e. The van der Waals surface area contributed by atoms with Crippen LogP contribution in [0.3, 0.4) is 0 Å². The highest BCUT2D eigenvalue weighted by atomic mass is 16.5. The fourth-order valence-corrected chi connectivity index (χ4v) is 4.97. The number of hydrogen-bond acceptors (Lipinski definition) is 8. The van der Waals surface area contributed by atoms with Gasteiger partial charge in [-0.05, 0) is 65.6 Å². The van der Waals surface area contributed by atoms with Crippen molar-refractivity contribution in [3.05, 3.63) is 70.2 Å². The lowest BCUT2D eigenvalue weighted by atomic mass is 10.00. The molecule has 0 unspecified atom stereocenters. The highest BCUT2D eigenvalue weighted by molar-refractivity contribution is 5.80. The molecule has 4 aromatic rings. The minimum Gasteiger partial charge on any atom is -0.497 e. The van der Waals surface area contributed by atoms with E-state index in [0.717, 1.165) is 47.7 Å². The van der Waals surface area contributed by atoms with Crippen molar-refractivity contribution in [3.63, 3.8) is 0 Å². The van der Waals surface area contributed by atoms with Crippen LogP contribution in [0.15, 0.2) is 51.9 Å². The zero-order valence-electron chi connectivity index (χ0n) is 20.9.